The molecule has 1 fully saturated rings. The van der Waals surface area contributed by atoms with Gasteiger partial charge in [0.15, 0.2) is 0 Å². The Morgan fingerprint density at radius 1 is 1.38 bits per heavy atom. The Labute approximate surface area is 87.3 Å². The lowest BCUT2D eigenvalue weighted by molar-refractivity contribution is 0.499. The van der Waals surface area contributed by atoms with Crippen molar-refractivity contribution >= 4 is 31.3 Å². The molecule has 0 amide bonds. The van der Waals surface area contributed by atoms with Gasteiger partial charge in [0.25, 0.3) is 0 Å². The lowest BCUT2D eigenvalue weighted by atomic mass is 9.95. The Kier molecular flexibility index (Phi) is 2.37. The van der Waals surface area contributed by atoms with Crippen LogP contribution in [0.25, 0.3) is 0 Å². The lowest BCUT2D eigenvalue weighted by Crippen LogP contribution is -2.28. The quantitative estimate of drug-likeness (QED) is 0.661. The molecule has 2 bridgehead atoms. The molecule has 3 atom stereocenters. The van der Waals surface area contributed by atoms with Crippen LogP contribution in [0.4, 0.5) is 0 Å². The number of allylic oxidation sites excluding steroid dienone is 1. The summed E-state index contributed by atoms with van der Waals surface area (Å²) in [5.41, 5.74) is 0. The van der Waals surface area contributed by atoms with E-state index in [0.717, 1.165) is 19.3 Å². The van der Waals surface area contributed by atoms with Crippen LogP contribution in [0.3, 0.4) is 0 Å². The highest BCUT2D eigenvalue weighted by Crippen LogP contribution is 2.45. The van der Waals surface area contributed by atoms with Crippen LogP contribution in [0.5, 0.6) is 0 Å². The second-order valence-corrected chi connectivity index (χ2v) is 6.97. The normalized spacial score (nSPS) is 38.9. The van der Waals surface area contributed by atoms with E-state index in [-0.39, 0.29) is 5.92 Å². The van der Waals surface area contributed by atoms with Crippen molar-refractivity contribution in [2.24, 2.45) is 11.8 Å². The summed E-state index contributed by atoms with van der Waals surface area (Å²) in [6.07, 6.45) is 4.75. The van der Waals surface area contributed by atoms with Crippen molar-refractivity contribution in [2.75, 3.05) is 0 Å². The summed E-state index contributed by atoms with van der Waals surface area (Å²) >= 11 is 5.89. The van der Waals surface area contributed by atoms with E-state index in [1.54, 1.807) is 0 Å². The van der Waals surface area contributed by atoms with Crippen LogP contribution in [0, 0.1) is 11.8 Å². The fourth-order valence-corrected chi connectivity index (χ4v) is 5.01. The maximum Gasteiger partial charge on any atom is 0.240 e. The zero-order valence-corrected chi connectivity index (χ0v) is 9.24. The highest BCUT2D eigenvalue weighted by Gasteiger charge is 2.42. The molecule has 0 N–H and O–H groups in total. The van der Waals surface area contributed by atoms with Gasteiger partial charge in [-0.1, -0.05) is 17.7 Å². The van der Waals surface area contributed by atoms with Gasteiger partial charge in [0.2, 0.25) is 9.05 Å². The molecule has 0 aromatic carbocycles. The first-order chi connectivity index (χ1) is 5.98. The molecular formula is C8H10Cl2O2S. The molecule has 13 heavy (non-hydrogen) atoms. The van der Waals surface area contributed by atoms with Gasteiger partial charge >= 0.3 is 0 Å². The van der Waals surface area contributed by atoms with Crippen LogP contribution < -0.4 is 0 Å². The van der Waals surface area contributed by atoms with Gasteiger partial charge < -0.3 is 0 Å². The average molecular weight is 241 g/mol. The monoisotopic (exact) mass is 240 g/mol. The molecule has 0 aliphatic heterocycles. The van der Waals surface area contributed by atoms with Crippen molar-refractivity contribution in [3.05, 3.63) is 11.1 Å². The van der Waals surface area contributed by atoms with Gasteiger partial charge in [0.1, 0.15) is 5.25 Å². The van der Waals surface area contributed by atoms with E-state index >= 15 is 0 Å². The molecule has 3 unspecified atom stereocenters. The third-order valence-corrected chi connectivity index (χ3v) is 5.22. The van der Waals surface area contributed by atoms with Crippen LogP contribution >= 0.6 is 22.3 Å². The summed E-state index contributed by atoms with van der Waals surface area (Å²) in [5, 5.41) is -0.219. The van der Waals surface area contributed by atoms with E-state index in [4.69, 9.17) is 22.3 Å². The SMILES string of the molecule is O=S(=O)(Cl)C1C(Cl)=CC2CCC1C2. The minimum absolute atomic E-state index is 0.144. The molecule has 74 valence electrons. The Balaban J connectivity index is 2.39. The maximum absolute atomic E-state index is 11.2. The van der Waals surface area contributed by atoms with Gasteiger partial charge in [-0.05, 0) is 31.1 Å². The molecule has 0 aromatic heterocycles. The summed E-state index contributed by atoms with van der Waals surface area (Å²) in [5.74, 6) is 0.622. The van der Waals surface area contributed by atoms with Gasteiger partial charge in [-0.3, -0.25) is 0 Å². The van der Waals surface area contributed by atoms with Crippen molar-refractivity contribution in [1.29, 1.82) is 0 Å². The molecule has 0 saturated heterocycles. The number of rotatable bonds is 1. The Bertz CT molecular complexity index is 347. The third kappa shape index (κ3) is 1.74. The van der Waals surface area contributed by atoms with E-state index in [2.05, 4.69) is 0 Å². The Morgan fingerprint density at radius 2 is 2.08 bits per heavy atom. The van der Waals surface area contributed by atoms with Crippen molar-refractivity contribution in [3.8, 4) is 0 Å². The van der Waals surface area contributed by atoms with Gasteiger partial charge in [0.05, 0.1) is 0 Å². The number of hydrogen-bond acceptors (Lipinski definition) is 2. The number of hydrogen-bond donors (Lipinski definition) is 0. The fraction of sp³-hybridized carbons (Fsp3) is 0.750. The molecule has 0 spiro atoms. The summed E-state index contributed by atoms with van der Waals surface area (Å²) in [6, 6.07) is 0. The van der Waals surface area contributed by atoms with Crippen LogP contribution in [0.15, 0.2) is 11.1 Å². The standard InChI is InChI=1S/C8H10Cl2O2S/c9-7-4-5-1-2-6(3-5)8(7)13(10,11)12/h4-6,8H,1-3H2. The first-order valence-electron chi connectivity index (χ1n) is 4.29. The molecule has 2 rings (SSSR count). The van der Waals surface area contributed by atoms with Crippen molar-refractivity contribution in [3.63, 3.8) is 0 Å². The summed E-state index contributed by atoms with van der Waals surface area (Å²) in [6.45, 7) is 0. The predicted molar refractivity (Wildman–Crippen MR) is 53.3 cm³/mol. The second-order valence-electron chi connectivity index (χ2n) is 3.78. The predicted octanol–water partition coefficient (Wildman–Crippen LogP) is 2.48. The molecule has 2 aliphatic rings. The fourth-order valence-electron chi connectivity index (χ4n) is 2.39. The minimum Gasteiger partial charge on any atom is -0.212 e. The van der Waals surface area contributed by atoms with Crippen molar-refractivity contribution in [1.82, 2.24) is 0 Å². The van der Waals surface area contributed by atoms with E-state index < -0.39 is 14.3 Å². The zero-order chi connectivity index (χ0) is 9.64. The number of fused-ring (bicyclic) bond motifs is 2. The molecular weight excluding hydrogens is 231 g/mol. The molecule has 5 heteroatoms. The van der Waals surface area contributed by atoms with E-state index in [1.807, 2.05) is 6.08 Å². The largest absolute Gasteiger partial charge is 0.240 e. The zero-order valence-electron chi connectivity index (χ0n) is 6.91. The first kappa shape index (κ1) is 9.81. The smallest absolute Gasteiger partial charge is 0.212 e. The molecule has 2 nitrogen and oxygen atoms in total. The van der Waals surface area contributed by atoms with Crippen molar-refractivity contribution in [2.45, 2.75) is 24.5 Å². The van der Waals surface area contributed by atoms with Gasteiger partial charge in [-0.2, -0.15) is 0 Å². The van der Waals surface area contributed by atoms with Crippen LogP contribution in [-0.4, -0.2) is 13.7 Å². The summed E-state index contributed by atoms with van der Waals surface area (Å²) < 4.78 is 22.4. The van der Waals surface area contributed by atoms with Crippen LogP contribution in [0.1, 0.15) is 19.3 Å². The van der Waals surface area contributed by atoms with Crippen molar-refractivity contribution < 1.29 is 8.42 Å². The lowest BCUT2D eigenvalue weighted by Gasteiger charge is -2.23. The Morgan fingerprint density at radius 3 is 2.69 bits per heavy atom. The van der Waals surface area contributed by atoms with Gasteiger partial charge in [-0.15, -0.1) is 0 Å². The molecule has 0 heterocycles. The second kappa shape index (κ2) is 3.14. The molecule has 2 aliphatic carbocycles. The van der Waals surface area contributed by atoms with Gasteiger partial charge in [0, 0.05) is 15.7 Å². The first-order valence-corrected chi connectivity index (χ1v) is 7.04. The average Bonchev–Trinajstić information content (AvgIpc) is 2.28. The molecule has 0 aromatic rings. The highest BCUT2D eigenvalue weighted by molar-refractivity contribution is 8.14. The summed E-state index contributed by atoms with van der Waals surface area (Å²) in [7, 11) is 1.81. The molecule has 1 saturated carbocycles. The van der Waals surface area contributed by atoms with E-state index in [9.17, 15) is 8.42 Å². The van der Waals surface area contributed by atoms with Crippen LogP contribution in [-0.2, 0) is 9.05 Å². The van der Waals surface area contributed by atoms with Crippen LogP contribution in [0.2, 0.25) is 0 Å². The van der Waals surface area contributed by atoms with E-state index in [1.165, 1.54) is 0 Å². The van der Waals surface area contributed by atoms with Gasteiger partial charge in [-0.25, -0.2) is 8.42 Å². The van der Waals surface area contributed by atoms with E-state index in [0.29, 0.717) is 11.0 Å². The maximum atomic E-state index is 11.2. The number of halogens is 2. The highest BCUT2D eigenvalue weighted by atomic mass is 35.7. The third-order valence-electron chi connectivity index (χ3n) is 2.91. The minimum atomic E-state index is -3.54. The Hall–Kier alpha value is 0.270. The molecule has 0 radical (unpaired) electrons. The summed E-state index contributed by atoms with van der Waals surface area (Å²) in [4.78, 5) is 0. The topological polar surface area (TPSA) is 34.1 Å².